The van der Waals surface area contributed by atoms with Crippen molar-refractivity contribution in [3.63, 3.8) is 0 Å². The summed E-state index contributed by atoms with van der Waals surface area (Å²) in [6, 6.07) is 7.87. The van der Waals surface area contributed by atoms with Crippen molar-refractivity contribution in [2.75, 3.05) is 6.61 Å². The number of rotatable bonds is 5. The zero-order valence-corrected chi connectivity index (χ0v) is 9.35. The van der Waals surface area contributed by atoms with E-state index in [1.54, 1.807) is 18.2 Å². The van der Waals surface area contributed by atoms with Crippen molar-refractivity contribution in [2.45, 2.75) is 19.5 Å². The summed E-state index contributed by atoms with van der Waals surface area (Å²) in [5.74, 6) is -2.93. The Labute approximate surface area is 98.0 Å². The molecule has 0 aliphatic carbocycles. The van der Waals surface area contributed by atoms with E-state index in [-0.39, 0.29) is 12.2 Å². The largest absolute Gasteiger partial charge is 0.466 e. The van der Waals surface area contributed by atoms with Gasteiger partial charge in [0.15, 0.2) is 0 Å². The zero-order valence-electron chi connectivity index (χ0n) is 9.35. The van der Waals surface area contributed by atoms with E-state index in [0.717, 1.165) is 0 Å². The molecule has 3 nitrogen and oxygen atoms in total. The van der Waals surface area contributed by atoms with Gasteiger partial charge in [0.05, 0.1) is 12.7 Å². The molecular weight excluding hydrogens is 230 g/mol. The predicted molar refractivity (Wildman–Crippen MR) is 57.5 cm³/mol. The van der Waals surface area contributed by atoms with Crippen LogP contribution in [0.1, 0.15) is 18.6 Å². The summed E-state index contributed by atoms with van der Waals surface area (Å²) in [7, 11) is 0. The van der Waals surface area contributed by atoms with E-state index >= 15 is 0 Å². The van der Waals surface area contributed by atoms with E-state index < -0.39 is 24.4 Å². The van der Waals surface area contributed by atoms with Gasteiger partial charge in [-0.05, 0) is 12.5 Å². The minimum atomic E-state index is -2.97. The Morgan fingerprint density at radius 2 is 1.94 bits per heavy atom. The van der Waals surface area contributed by atoms with Crippen LogP contribution in [0.3, 0.4) is 0 Å². The maximum absolute atomic E-state index is 12.7. The highest BCUT2D eigenvalue weighted by molar-refractivity contribution is 5.73. The second kappa shape index (κ2) is 6.30. The fraction of sp³-hybridized carbons (Fsp3) is 0.417. The number of halogens is 2. The normalized spacial score (nSPS) is 14.4. The number of esters is 1. The van der Waals surface area contributed by atoms with Crippen molar-refractivity contribution in [3.8, 4) is 0 Å². The number of carbonyl (C=O) groups is 1. The van der Waals surface area contributed by atoms with Gasteiger partial charge in [-0.1, -0.05) is 30.3 Å². The number of ether oxygens (including phenoxy) is 1. The topological polar surface area (TPSA) is 46.5 Å². The smallest absolute Gasteiger partial charge is 0.317 e. The Bertz CT molecular complexity index is 354. The third kappa shape index (κ3) is 3.49. The lowest BCUT2D eigenvalue weighted by Crippen LogP contribution is -2.30. The lowest BCUT2D eigenvalue weighted by molar-refractivity contribution is -0.160. The van der Waals surface area contributed by atoms with Gasteiger partial charge in [-0.2, -0.15) is 0 Å². The first-order valence-corrected chi connectivity index (χ1v) is 5.25. The Morgan fingerprint density at radius 1 is 1.35 bits per heavy atom. The minimum Gasteiger partial charge on any atom is -0.466 e. The number of hydrogen-bond donors (Lipinski definition) is 1. The molecule has 0 bridgehead atoms. The molecule has 0 radical (unpaired) electrons. The van der Waals surface area contributed by atoms with Crippen molar-refractivity contribution in [3.05, 3.63) is 35.9 Å². The number of hydrogen-bond acceptors (Lipinski definition) is 3. The molecule has 0 spiro atoms. The minimum absolute atomic E-state index is 0.00353. The van der Waals surface area contributed by atoms with Crippen LogP contribution in [-0.4, -0.2) is 24.1 Å². The number of aliphatic hydroxyl groups excluding tert-OH is 1. The highest BCUT2D eigenvalue weighted by atomic mass is 19.3. The lowest BCUT2D eigenvalue weighted by Gasteiger charge is -2.20. The van der Waals surface area contributed by atoms with E-state index in [1.165, 1.54) is 19.1 Å². The van der Waals surface area contributed by atoms with E-state index in [9.17, 15) is 18.7 Å². The average molecular weight is 244 g/mol. The average Bonchev–Trinajstić information content (AvgIpc) is 2.30. The summed E-state index contributed by atoms with van der Waals surface area (Å²) in [6.45, 7) is 1.53. The number of alkyl halides is 2. The van der Waals surface area contributed by atoms with Crippen LogP contribution in [0.4, 0.5) is 8.78 Å². The van der Waals surface area contributed by atoms with Gasteiger partial charge in [-0.3, -0.25) is 4.79 Å². The quantitative estimate of drug-likeness (QED) is 0.807. The van der Waals surface area contributed by atoms with Gasteiger partial charge in [0.1, 0.15) is 5.92 Å². The Kier molecular flexibility index (Phi) is 5.03. The van der Waals surface area contributed by atoms with Crippen LogP contribution in [-0.2, 0) is 9.53 Å². The zero-order chi connectivity index (χ0) is 12.8. The first-order chi connectivity index (χ1) is 8.07. The van der Waals surface area contributed by atoms with E-state index in [2.05, 4.69) is 4.74 Å². The van der Waals surface area contributed by atoms with Gasteiger partial charge in [-0.15, -0.1) is 0 Å². The van der Waals surface area contributed by atoms with Gasteiger partial charge in [-0.25, -0.2) is 8.78 Å². The summed E-state index contributed by atoms with van der Waals surface area (Å²) < 4.78 is 30.0. The molecule has 0 saturated heterocycles. The molecule has 1 aromatic rings. The second-order valence-electron chi connectivity index (χ2n) is 3.47. The molecule has 0 heterocycles. The van der Waals surface area contributed by atoms with Gasteiger partial charge >= 0.3 is 5.97 Å². The third-order valence-corrected chi connectivity index (χ3v) is 2.31. The van der Waals surface area contributed by atoms with E-state index in [0.29, 0.717) is 0 Å². The van der Waals surface area contributed by atoms with Gasteiger partial charge in [0.25, 0.3) is 6.43 Å². The highest BCUT2D eigenvalue weighted by Gasteiger charge is 2.37. The molecule has 0 aliphatic rings. The molecule has 1 N–H and O–H groups in total. The molecule has 5 heteroatoms. The van der Waals surface area contributed by atoms with Gasteiger partial charge in [0.2, 0.25) is 0 Å². The van der Waals surface area contributed by atoms with Crippen LogP contribution >= 0.6 is 0 Å². The van der Waals surface area contributed by atoms with Gasteiger partial charge in [0, 0.05) is 0 Å². The fourth-order valence-electron chi connectivity index (χ4n) is 1.47. The van der Waals surface area contributed by atoms with Crippen LogP contribution in [0.15, 0.2) is 30.3 Å². The molecule has 94 valence electrons. The molecule has 2 unspecified atom stereocenters. The van der Waals surface area contributed by atoms with E-state index in [4.69, 9.17) is 0 Å². The fourth-order valence-corrected chi connectivity index (χ4v) is 1.47. The van der Waals surface area contributed by atoms with Crippen molar-refractivity contribution in [1.29, 1.82) is 0 Å². The van der Waals surface area contributed by atoms with Crippen LogP contribution < -0.4 is 0 Å². The van der Waals surface area contributed by atoms with Crippen LogP contribution in [0, 0.1) is 5.92 Å². The summed E-state index contributed by atoms with van der Waals surface area (Å²) in [5.41, 5.74) is 0.269. The van der Waals surface area contributed by atoms with Crippen LogP contribution in [0.2, 0.25) is 0 Å². The highest BCUT2D eigenvalue weighted by Crippen LogP contribution is 2.28. The van der Waals surface area contributed by atoms with Crippen LogP contribution in [0.5, 0.6) is 0 Å². The first kappa shape index (κ1) is 13.6. The molecule has 17 heavy (non-hydrogen) atoms. The van der Waals surface area contributed by atoms with Gasteiger partial charge < -0.3 is 9.84 Å². The molecule has 1 aromatic carbocycles. The molecule has 2 atom stereocenters. The lowest BCUT2D eigenvalue weighted by atomic mass is 9.96. The summed E-state index contributed by atoms with van der Waals surface area (Å²) in [5, 5.41) is 9.77. The van der Waals surface area contributed by atoms with E-state index in [1.807, 2.05) is 0 Å². The number of aliphatic hydroxyl groups is 1. The van der Waals surface area contributed by atoms with Crippen molar-refractivity contribution >= 4 is 5.97 Å². The SMILES string of the molecule is CCOC(=O)C(C(F)F)C(O)c1ccccc1. The Morgan fingerprint density at radius 3 is 2.41 bits per heavy atom. The monoisotopic (exact) mass is 244 g/mol. The van der Waals surface area contributed by atoms with Crippen LogP contribution in [0.25, 0.3) is 0 Å². The summed E-state index contributed by atoms with van der Waals surface area (Å²) >= 11 is 0. The molecular formula is C12H14F2O3. The Balaban J connectivity index is 2.88. The molecule has 0 fully saturated rings. The number of carbonyl (C=O) groups excluding carboxylic acids is 1. The van der Waals surface area contributed by atoms with Crippen molar-refractivity contribution < 1.29 is 23.4 Å². The summed E-state index contributed by atoms with van der Waals surface area (Å²) in [4.78, 5) is 11.3. The molecule has 0 aromatic heterocycles. The molecule has 1 rings (SSSR count). The third-order valence-electron chi connectivity index (χ3n) is 2.31. The summed E-state index contributed by atoms with van der Waals surface area (Å²) in [6.07, 6.45) is -4.53. The molecule has 0 aliphatic heterocycles. The first-order valence-electron chi connectivity index (χ1n) is 5.25. The molecule has 0 saturated carbocycles. The molecule has 0 amide bonds. The van der Waals surface area contributed by atoms with Crippen molar-refractivity contribution in [2.24, 2.45) is 5.92 Å². The van der Waals surface area contributed by atoms with Crippen molar-refractivity contribution in [1.82, 2.24) is 0 Å². The second-order valence-corrected chi connectivity index (χ2v) is 3.47. The Hall–Kier alpha value is -1.49. The maximum atomic E-state index is 12.7. The number of benzene rings is 1. The predicted octanol–water partition coefficient (Wildman–Crippen LogP) is 2.16. The maximum Gasteiger partial charge on any atom is 0.317 e. The standard InChI is InChI=1S/C12H14F2O3/c1-2-17-12(16)9(11(13)14)10(15)8-6-4-3-5-7-8/h3-7,9-11,15H,2H2,1H3.